The van der Waals surface area contributed by atoms with E-state index in [1.807, 2.05) is 10.3 Å². The molecule has 1 amide bonds. The van der Waals surface area contributed by atoms with Gasteiger partial charge in [-0.15, -0.1) is 11.3 Å². The lowest BCUT2D eigenvalue weighted by Gasteiger charge is -2.41. The molecular weight excluding hydrogens is 298 g/mol. The molecule has 0 aromatic carbocycles. The highest BCUT2D eigenvalue weighted by atomic mass is 32.1. The maximum absolute atomic E-state index is 12.5. The van der Waals surface area contributed by atoms with Crippen LogP contribution in [-0.2, 0) is 4.74 Å². The Kier molecular flexibility index (Phi) is 3.92. The molecule has 1 aromatic rings. The lowest BCUT2D eigenvalue weighted by molar-refractivity contribution is 0.0606. The molecule has 3 aliphatic heterocycles. The minimum atomic E-state index is 0.116. The summed E-state index contributed by atoms with van der Waals surface area (Å²) in [5, 5.41) is 1.86. The van der Waals surface area contributed by atoms with Crippen LogP contribution in [0.3, 0.4) is 0 Å². The van der Waals surface area contributed by atoms with Crippen molar-refractivity contribution in [3.63, 3.8) is 0 Å². The molecule has 0 aliphatic carbocycles. The molecule has 1 unspecified atom stereocenters. The summed E-state index contributed by atoms with van der Waals surface area (Å²) >= 11 is 1.49. The third-order valence-corrected chi connectivity index (χ3v) is 6.24. The largest absolute Gasteiger partial charge is 0.380 e. The van der Waals surface area contributed by atoms with E-state index < -0.39 is 0 Å². The molecule has 4 heterocycles. The van der Waals surface area contributed by atoms with E-state index in [-0.39, 0.29) is 5.91 Å². The second-order valence-electron chi connectivity index (χ2n) is 6.90. The first-order valence-corrected chi connectivity index (χ1v) is 9.19. The molecule has 5 nitrogen and oxygen atoms in total. The molecule has 6 heteroatoms. The van der Waals surface area contributed by atoms with E-state index >= 15 is 0 Å². The van der Waals surface area contributed by atoms with Crippen LogP contribution in [0.15, 0.2) is 10.9 Å². The average molecular weight is 321 g/mol. The van der Waals surface area contributed by atoms with Crippen molar-refractivity contribution in [2.45, 2.75) is 31.7 Å². The number of carbonyl (C=O) groups excluding carboxylic acids is 1. The summed E-state index contributed by atoms with van der Waals surface area (Å²) in [5.41, 5.74) is 2.70. The number of hydrogen-bond donors (Lipinski definition) is 0. The summed E-state index contributed by atoms with van der Waals surface area (Å²) in [6.45, 7) is 5.95. The van der Waals surface area contributed by atoms with Crippen molar-refractivity contribution in [3.05, 3.63) is 16.6 Å². The van der Waals surface area contributed by atoms with Crippen LogP contribution >= 0.6 is 11.3 Å². The normalized spacial score (nSPS) is 28.5. The van der Waals surface area contributed by atoms with Crippen molar-refractivity contribution in [1.82, 2.24) is 14.8 Å². The number of nitrogens with zero attached hydrogens (tertiary/aromatic N) is 3. The molecule has 1 atom stereocenters. The number of ether oxygens (including phenoxy) is 1. The van der Waals surface area contributed by atoms with Crippen molar-refractivity contribution in [3.8, 4) is 0 Å². The molecule has 3 fully saturated rings. The standard InChI is InChI=1S/C16H23N3O2S/c20-15(14-10-22-12-17-14)19-7-4-16(11-19)2-5-18(6-3-16)13-1-8-21-9-13/h10,12-13H,1-9,11H2. The Morgan fingerprint density at radius 3 is 2.82 bits per heavy atom. The molecule has 3 saturated heterocycles. The number of piperidine rings is 1. The number of rotatable bonds is 2. The van der Waals surface area contributed by atoms with Crippen LogP contribution in [0.2, 0.25) is 0 Å². The van der Waals surface area contributed by atoms with Crippen LogP contribution in [-0.4, -0.2) is 66.1 Å². The van der Waals surface area contributed by atoms with Crippen molar-refractivity contribution in [2.24, 2.45) is 5.41 Å². The van der Waals surface area contributed by atoms with Crippen LogP contribution < -0.4 is 0 Å². The van der Waals surface area contributed by atoms with Gasteiger partial charge in [0.05, 0.1) is 12.1 Å². The Labute approximate surface area is 135 Å². The van der Waals surface area contributed by atoms with Gasteiger partial charge in [0.15, 0.2) is 0 Å². The summed E-state index contributed by atoms with van der Waals surface area (Å²) in [7, 11) is 0. The molecule has 0 radical (unpaired) electrons. The maximum Gasteiger partial charge on any atom is 0.273 e. The van der Waals surface area contributed by atoms with Gasteiger partial charge in [0.25, 0.3) is 5.91 Å². The first kappa shape index (κ1) is 14.6. The smallest absolute Gasteiger partial charge is 0.273 e. The first-order chi connectivity index (χ1) is 10.8. The Morgan fingerprint density at radius 1 is 1.32 bits per heavy atom. The number of likely N-dealkylation sites (tertiary alicyclic amines) is 2. The molecule has 0 N–H and O–H groups in total. The molecule has 22 heavy (non-hydrogen) atoms. The Hall–Kier alpha value is -0.980. The van der Waals surface area contributed by atoms with Crippen LogP contribution in [0.25, 0.3) is 0 Å². The van der Waals surface area contributed by atoms with Crippen molar-refractivity contribution in [1.29, 1.82) is 0 Å². The highest BCUT2D eigenvalue weighted by Crippen LogP contribution is 2.41. The zero-order valence-electron chi connectivity index (χ0n) is 12.9. The van der Waals surface area contributed by atoms with E-state index in [9.17, 15) is 4.79 Å². The highest BCUT2D eigenvalue weighted by molar-refractivity contribution is 7.07. The molecule has 0 saturated carbocycles. The van der Waals surface area contributed by atoms with Crippen LogP contribution in [0.5, 0.6) is 0 Å². The van der Waals surface area contributed by atoms with E-state index in [1.165, 1.54) is 30.6 Å². The molecule has 1 aromatic heterocycles. The fourth-order valence-corrected chi connectivity index (χ4v) is 4.70. The number of thiazole rings is 1. The van der Waals surface area contributed by atoms with Crippen LogP contribution in [0.1, 0.15) is 36.2 Å². The molecule has 0 bridgehead atoms. The second-order valence-corrected chi connectivity index (χ2v) is 7.62. The lowest BCUT2D eigenvalue weighted by Crippen LogP contribution is -2.46. The minimum Gasteiger partial charge on any atom is -0.380 e. The summed E-state index contributed by atoms with van der Waals surface area (Å²) < 4.78 is 5.52. The van der Waals surface area contributed by atoms with Gasteiger partial charge in [-0.25, -0.2) is 4.98 Å². The molecule has 120 valence electrons. The Bertz CT molecular complexity index is 520. The van der Waals surface area contributed by atoms with E-state index in [1.54, 1.807) is 5.51 Å². The summed E-state index contributed by atoms with van der Waals surface area (Å²) in [6.07, 6.45) is 4.76. The van der Waals surface area contributed by atoms with Crippen molar-refractivity contribution in [2.75, 3.05) is 39.4 Å². The number of amides is 1. The number of aromatic nitrogens is 1. The van der Waals surface area contributed by atoms with Gasteiger partial charge in [0.2, 0.25) is 0 Å². The average Bonchev–Trinajstić information content (AvgIpc) is 3.30. The monoisotopic (exact) mass is 321 g/mol. The van der Waals surface area contributed by atoms with E-state index in [0.29, 0.717) is 17.2 Å². The summed E-state index contributed by atoms with van der Waals surface area (Å²) in [6, 6.07) is 0.631. The predicted molar refractivity (Wildman–Crippen MR) is 85.1 cm³/mol. The third-order valence-electron chi connectivity index (χ3n) is 5.66. The minimum absolute atomic E-state index is 0.116. The molecule has 4 rings (SSSR count). The topological polar surface area (TPSA) is 45.7 Å². The molecule has 1 spiro atoms. The SMILES string of the molecule is O=C(c1cscn1)N1CCC2(CCN(C3CCOC3)CC2)C1. The van der Waals surface area contributed by atoms with Gasteiger partial charge in [-0.2, -0.15) is 0 Å². The Morgan fingerprint density at radius 2 is 2.14 bits per heavy atom. The second kappa shape index (κ2) is 5.91. The van der Waals surface area contributed by atoms with Gasteiger partial charge in [0, 0.05) is 31.1 Å². The first-order valence-electron chi connectivity index (χ1n) is 8.25. The van der Waals surface area contributed by atoms with Crippen molar-refractivity contribution < 1.29 is 9.53 Å². The maximum atomic E-state index is 12.5. The van der Waals surface area contributed by atoms with Crippen LogP contribution in [0.4, 0.5) is 0 Å². The lowest BCUT2D eigenvalue weighted by atomic mass is 9.77. The predicted octanol–water partition coefficient (Wildman–Crippen LogP) is 1.86. The van der Waals surface area contributed by atoms with Gasteiger partial charge in [-0.05, 0) is 44.2 Å². The zero-order chi connectivity index (χ0) is 15.0. The van der Waals surface area contributed by atoms with E-state index in [2.05, 4.69) is 9.88 Å². The van der Waals surface area contributed by atoms with E-state index in [4.69, 9.17) is 4.74 Å². The quantitative estimate of drug-likeness (QED) is 0.834. The fraction of sp³-hybridized carbons (Fsp3) is 0.750. The number of carbonyl (C=O) groups is 1. The van der Waals surface area contributed by atoms with E-state index in [0.717, 1.165) is 45.8 Å². The van der Waals surface area contributed by atoms with Gasteiger partial charge >= 0.3 is 0 Å². The summed E-state index contributed by atoms with van der Waals surface area (Å²) in [4.78, 5) is 21.2. The Balaban J connectivity index is 1.35. The van der Waals surface area contributed by atoms with Gasteiger partial charge in [-0.3, -0.25) is 9.69 Å². The molecular formula is C16H23N3O2S. The van der Waals surface area contributed by atoms with Gasteiger partial charge in [-0.1, -0.05) is 0 Å². The zero-order valence-corrected chi connectivity index (χ0v) is 13.7. The molecule has 3 aliphatic rings. The van der Waals surface area contributed by atoms with Gasteiger partial charge in [0.1, 0.15) is 5.69 Å². The highest BCUT2D eigenvalue weighted by Gasteiger charge is 2.43. The van der Waals surface area contributed by atoms with Crippen molar-refractivity contribution >= 4 is 17.2 Å². The van der Waals surface area contributed by atoms with Crippen LogP contribution in [0, 0.1) is 5.41 Å². The third kappa shape index (κ3) is 2.68. The van der Waals surface area contributed by atoms with Gasteiger partial charge < -0.3 is 9.64 Å². The fourth-order valence-electron chi connectivity index (χ4n) is 4.17. The number of hydrogen-bond acceptors (Lipinski definition) is 5. The summed E-state index contributed by atoms with van der Waals surface area (Å²) in [5.74, 6) is 0.116.